The number of rotatable bonds is 2. The number of amidine groups is 1. The first kappa shape index (κ1) is 8.17. The Bertz CT molecular complexity index is 118. The van der Waals surface area contributed by atoms with Crippen molar-refractivity contribution in [2.75, 3.05) is 13.7 Å². The van der Waals surface area contributed by atoms with Crippen LogP contribution in [0.15, 0.2) is 17.3 Å². The summed E-state index contributed by atoms with van der Waals surface area (Å²) in [5, 5.41) is 11.3. The van der Waals surface area contributed by atoms with Crippen molar-refractivity contribution < 1.29 is 5.11 Å². The van der Waals surface area contributed by atoms with Crippen LogP contribution in [0.5, 0.6) is 0 Å². The highest BCUT2D eigenvalue weighted by molar-refractivity contribution is 5.83. The molecular formula is C6H12N2O. The van der Waals surface area contributed by atoms with Gasteiger partial charge in [0.05, 0.1) is 0 Å². The van der Waals surface area contributed by atoms with Gasteiger partial charge in [-0.2, -0.15) is 0 Å². The average molecular weight is 128 g/mol. The third-order valence-electron chi connectivity index (χ3n) is 0.836. The first-order valence-electron chi connectivity index (χ1n) is 2.79. The molecule has 0 aliphatic heterocycles. The quantitative estimate of drug-likeness (QED) is 0.410. The fourth-order valence-electron chi connectivity index (χ4n) is 0.360. The Labute approximate surface area is 55.1 Å². The maximum atomic E-state index is 8.53. The van der Waals surface area contributed by atoms with E-state index in [9.17, 15) is 0 Å². The van der Waals surface area contributed by atoms with Crippen LogP contribution in [-0.4, -0.2) is 24.6 Å². The van der Waals surface area contributed by atoms with Gasteiger partial charge in [0.2, 0.25) is 0 Å². The third kappa shape index (κ3) is 3.73. The van der Waals surface area contributed by atoms with Crippen molar-refractivity contribution in [2.24, 2.45) is 4.99 Å². The second-order valence-corrected chi connectivity index (χ2v) is 1.47. The Hall–Kier alpha value is -0.830. The summed E-state index contributed by atoms with van der Waals surface area (Å²) in [6.45, 7) is 1.85. The summed E-state index contributed by atoms with van der Waals surface area (Å²) in [5.74, 6) is 0.577. The lowest BCUT2D eigenvalue weighted by Gasteiger charge is -1.97. The molecule has 3 heteroatoms. The summed E-state index contributed by atoms with van der Waals surface area (Å²) in [4.78, 5) is 3.75. The lowest BCUT2D eigenvalue weighted by atomic mass is 10.6. The Morgan fingerprint density at radius 3 is 2.78 bits per heavy atom. The molecule has 3 nitrogen and oxygen atoms in total. The van der Waals surface area contributed by atoms with E-state index in [4.69, 9.17) is 5.11 Å². The number of aliphatic imine (C=N–C) groups is 1. The Morgan fingerprint density at radius 2 is 2.44 bits per heavy atom. The van der Waals surface area contributed by atoms with Gasteiger partial charge >= 0.3 is 0 Å². The summed E-state index contributed by atoms with van der Waals surface area (Å²) < 4.78 is 0. The zero-order chi connectivity index (χ0) is 7.11. The van der Waals surface area contributed by atoms with Gasteiger partial charge in [-0.3, -0.25) is 4.99 Å². The minimum atomic E-state index is -0.0408. The topological polar surface area (TPSA) is 44.6 Å². The fourth-order valence-corrected chi connectivity index (χ4v) is 0.360. The van der Waals surface area contributed by atoms with Gasteiger partial charge in [0.15, 0.2) is 0 Å². The molecule has 0 aromatic heterocycles. The van der Waals surface area contributed by atoms with Crippen LogP contribution < -0.4 is 5.32 Å². The Morgan fingerprint density at radius 1 is 1.78 bits per heavy atom. The van der Waals surface area contributed by atoms with E-state index >= 15 is 0 Å². The summed E-state index contributed by atoms with van der Waals surface area (Å²) in [6.07, 6.45) is 3.55. The van der Waals surface area contributed by atoms with E-state index in [1.165, 1.54) is 0 Å². The van der Waals surface area contributed by atoms with E-state index in [0.29, 0.717) is 5.84 Å². The lowest BCUT2D eigenvalue weighted by Crippen LogP contribution is -2.20. The predicted molar refractivity (Wildman–Crippen MR) is 38.4 cm³/mol. The molecular weight excluding hydrogens is 116 g/mol. The minimum Gasteiger partial charge on any atom is -0.388 e. The van der Waals surface area contributed by atoms with Crippen molar-refractivity contribution in [3.05, 3.63) is 12.3 Å². The van der Waals surface area contributed by atoms with E-state index in [1.807, 2.05) is 13.0 Å². The van der Waals surface area contributed by atoms with E-state index < -0.39 is 0 Å². The van der Waals surface area contributed by atoms with Crippen LogP contribution in [0.1, 0.15) is 6.92 Å². The van der Waals surface area contributed by atoms with Gasteiger partial charge in [-0.1, -0.05) is 6.08 Å². The zero-order valence-corrected chi connectivity index (χ0v) is 5.76. The highest BCUT2D eigenvalue weighted by Gasteiger charge is 1.86. The molecule has 52 valence electrons. The molecule has 0 aromatic carbocycles. The molecule has 0 spiro atoms. The molecule has 2 N–H and O–H groups in total. The molecule has 0 atom stereocenters. The smallest absolute Gasteiger partial charge is 0.126 e. The summed E-state index contributed by atoms with van der Waals surface area (Å²) in [5.41, 5.74) is 0. The van der Waals surface area contributed by atoms with Gasteiger partial charge in [-0.15, -0.1) is 0 Å². The van der Waals surface area contributed by atoms with Gasteiger partial charge in [0, 0.05) is 7.05 Å². The van der Waals surface area contributed by atoms with Crippen molar-refractivity contribution in [2.45, 2.75) is 6.92 Å². The fraction of sp³-hybridized carbons (Fsp3) is 0.500. The maximum Gasteiger partial charge on any atom is 0.126 e. The molecule has 0 unspecified atom stereocenters. The Balaban J connectivity index is 3.58. The van der Waals surface area contributed by atoms with E-state index in [-0.39, 0.29) is 6.61 Å². The molecule has 0 saturated heterocycles. The number of hydrogen-bond donors (Lipinski definition) is 2. The second kappa shape index (κ2) is 5.31. The molecule has 9 heavy (non-hydrogen) atoms. The normalized spacial score (nSPS) is 12.6. The van der Waals surface area contributed by atoms with Crippen molar-refractivity contribution in [1.82, 2.24) is 5.32 Å². The largest absolute Gasteiger partial charge is 0.388 e. The molecule has 0 saturated carbocycles. The molecule has 0 radical (unpaired) electrons. The van der Waals surface area contributed by atoms with Crippen LogP contribution in [0.3, 0.4) is 0 Å². The molecule has 0 aliphatic carbocycles. The highest BCUT2D eigenvalue weighted by atomic mass is 16.3. The molecule has 0 aliphatic rings. The van der Waals surface area contributed by atoms with Gasteiger partial charge in [-0.25, -0.2) is 0 Å². The number of nitrogens with one attached hydrogen (secondary N) is 1. The Kier molecular flexibility index (Phi) is 4.82. The number of aliphatic hydroxyl groups is 1. The first-order chi connectivity index (χ1) is 4.35. The standard InChI is InChI=1S/C6H12N2O/c1-3-4-8-6(5-9)7-2/h3-4,9H,5H2,1-2H3,(H,7,8)/b4-3-. The van der Waals surface area contributed by atoms with Crippen LogP contribution in [0.2, 0.25) is 0 Å². The molecule has 0 heterocycles. The molecule has 0 fully saturated rings. The molecule has 0 bridgehead atoms. The van der Waals surface area contributed by atoms with E-state index in [0.717, 1.165) is 0 Å². The number of nitrogens with zero attached hydrogens (tertiary/aromatic N) is 1. The highest BCUT2D eigenvalue weighted by Crippen LogP contribution is 1.69. The third-order valence-corrected chi connectivity index (χ3v) is 0.836. The predicted octanol–water partition coefficient (Wildman–Crippen LogP) is 0.130. The monoisotopic (exact) mass is 128 g/mol. The second-order valence-electron chi connectivity index (χ2n) is 1.47. The van der Waals surface area contributed by atoms with E-state index in [1.54, 1.807) is 13.2 Å². The molecule has 0 rings (SSSR count). The van der Waals surface area contributed by atoms with Crippen molar-refractivity contribution in [1.29, 1.82) is 0 Å². The number of aliphatic hydroxyl groups excluding tert-OH is 1. The number of allylic oxidation sites excluding steroid dienone is 1. The average Bonchev–Trinajstić information content (AvgIpc) is 1.91. The van der Waals surface area contributed by atoms with Gasteiger partial charge in [-0.05, 0) is 13.1 Å². The van der Waals surface area contributed by atoms with Crippen molar-refractivity contribution in [3.63, 3.8) is 0 Å². The van der Waals surface area contributed by atoms with Crippen LogP contribution in [0.25, 0.3) is 0 Å². The van der Waals surface area contributed by atoms with Gasteiger partial charge in [0.1, 0.15) is 12.4 Å². The van der Waals surface area contributed by atoms with E-state index in [2.05, 4.69) is 10.3 Å². The van der Waals surface area contributed by atoms with Crippen LogP contribution in [-0.2, 0) is 0 Å². The molecule has 0 amide bonds. The minimum absolute atomic E-state index is 0.0408. The molecule has 0 aromatic rings. The number of hydrogen-bond acceptors (Lipinski definition) is 2. The summed E-state index contributed by atoms with van der Waals surface area (Å²) >= 11 is 0. The SMILES string of the molecule is C/C=C\NC(CO)=NC. The lowest BCUT2D eigenvalue weighted by molar-refractivity contribution is 0.354. The van der Waals surface area contributed by atoms with Crippen molar-refractivity contribution in [3.8, 4) is 0 Å². The van der Waals surface area contributed by atoms with Gasteiger partial charge in [0.25, 0.3) is 0 Å². The van der Waals surface area contributed by atoms with Crippen LogP contribution in [0, 0.1) is 0 Å². The van der Waals surface area contributed by atoms with Crippen LogP contribution in [0.4, 0.5) is 0 Å². The zero-order valence-electron chi connectivity index (χ0n) is 5.76. The van der Waals surface area contributed by atoms with Gasteiger partial charge < -0.3 is 10.4 Å². The maximum absolute atomic E-state index is 8.53. The first-order valence-corrected chi connectivity index (χ1v) is 2.79. The summed E-state index contributed by atoms with van der Waals surface area (Å²) in [7, 11) is 1.63. The summed E-state index contributed by atoms with van der Waals surface area (Å²) in [6, 6.07) is 0. The van der Waals surface area contributed by atoms with Crippen LogP contribution >= 0.6 is 0 Å². The van der Waals surface area contributed by atoms with Crippen molar-refractivity contribution >= 4 is 5.84 Å².